The number of carbonyl (C=O) groups excluding carboxylic acids is 1. The van der Waals surface area contributed by atoms with E-state index >= 15 is 0 Å². The molecule has 1 heterocycles. The number of hydrogen-bond acceptors (Lipinski definition) is 4. The van der Waals surface area contributed by atoms with E-state index in [1.54, 1.807) is 9.58 Å². The van der Waals surface area contributed by atoms with E-state index < -0.39 is 0 Å². The van der Waals surface area contributed by atoms with Gasteiger partial charge >= 0.3 is 0 Å². The quantitative estimate of drug-likeness (QED) is 0.344. The van der Waals surface area contributed by atoms with Gasteiger partial charge in [-0.1, -0.05) is 12.1 Å². The maximum absolute atomic E-state index is 12.7. The van der Waals surface area contributed by atoms with E-state index in [1.807, 2.05) is 33.8 Å². The van der Waals surface area contributed by atoms with Gasteiger partial charge < -0.3 is 15.8 Å². The van der Waals surface area contributed by atoms with Gasteiger partial charge in [0.1, 0.15) is 11.5 Å². The summed E-state index contributed by atoms with van der Waals surface area (Å²) >= 11 is 0. The fraction of sp³-hybridized carbons (Fsp3) is 0.643. The van der Waals surface area contributed by atoms with Gasteiger partial charge in [-0.05, 0) is 33.3 Å². The first kappa shape index (κ1) is 17.0. The van der Waals surface area contributed by atoms with E-state index in [1.165, 1.54) is 0 Å². The minimum Gasteiger partial charge on any atom is -0.409 e. The molecule has 0 aliphatic heterocycles. The molecule has 0 spiro atoms. The Morgan fingerprint density at radius 1 is 1.52 bits per heavy atom. The van der Waals surface area contributed by atoms with E-state index in [0.717, 1.165) is 12.1 Å². The molecule has 0 saturated carbocycles. The Labute approximate surface area is 125 Å². The fourth-order valence-corrected chi connectivity index (χ4v) is 2.08. The van der Waals surface area contributed by atoms with Crippen LogP contribution >= 0.6 is 0 Å². The first-order valence-electron chi connectivity index (χ1n) is 7.28. The Morgan fingerprint density at radius 3 is 2.67 bits per heavy atom. The lowest BCUT2D eigenvalue weighted by molar-refractivity contribution is 0.0698. The lowest BCUT2D eigenvalue weighted by Crippen LogP contribution is -2.40. The summed E-state index contributed by atoms with van der Waals surface area (Å²) in [5.74, 6) is 0.0384. The highest BCUT2D eigenvalue weighted by Gasteiger charge is 2.23. The van der Waals surface area contributed by atoms with Crippen LogP contribution in [0.2, 0.25) is 0 Å². The normalized spacial score (nSPS) is 12.0. The zero-order valence-corrected chi connectivity index (χ0v) is 13.2. The number of oxime groups is 1. The van der Waals surface area contributed by atoms with Crippen molar-refractivity contribution in [3.63, 3.8) is 0 Å². The van der Waals surface area contributed by atoms with Crippen molar-refractivity contribution in [1.29, 1.82) is 0 Å². The fourth-order valence-electron chi connectivity index (χ4n) is 2.08. The zero-order valence-electron chi connectivity index (χ0n) is 13.2. The number of amides is 1. The van der Waals surface area contributed by atoms with E-state index in [9.17, 15) is 4.79 Å². The number of aryl methyl sites for hydroxylation is 2. The van der Waals surface area contributed by atoms with Crippen molar-refractivity contribution in [2.24, 2.45) is 10.9 Å². The predicted octanol–water partition coefficient (Wildman–Crippen LogP) is 1.45. The Bertz CT molecular complexity index is 507. The number of amidine groups is 1. The van der Waals surface area contributed by atoms with Crippen LogP contribution < -0.4 is 5.73 Å². The van der Waals surface area contributed by atoms with E-state index in [0.29, 0.717) is 25.2 Å². The van der Waals surface area contributed by atoms with Gasteiger partial charge in [0.2, 0.25) is 0 Å². The molecule has 0 aromatic carbocycles. The van der Waals surface area contributed by atoms with Crippen LogP contribution in [0.25, 0.3) is 0 Å². The Balaban J connectivity index is 2.97. The van der Waals surface area contributed by atoms with Gasteiger partial charge in [0.25, 0.3) is 5.91 Å². The summed E-state index contributed by atoms with van der Waals surface area (Å²) in [5.41, 5.74) is 6.98. The lowest BCUT2D eigenvalue weighted by Gasteiger charge is -2.26. The van der Waals surface area contributed by atoms with Gasteiger partial charge in [0.05, 0.1) is 5.69 Å². The van der Waals surface area contributed by atoms with Crippen molar-refractivity contribution in [2.75, 3.05) is 6.54 Å². The molecule has 1 amide bonds. The number of rotatable bonds is 7. The van der Waals surface area contributed by atoms with E-state index in [2.05, 4.69) is 10.3 Å². The van der Waals surface area contributed by atoms with Crippen LogP contribution in [0.1, 0.15) is 50.3 Å². The number of carbonyl (C=O) groups is 1. The van der Waals surface area contributed by atoms with Crippen LogP contribution in [0.5, 0.6) is 0 Å². The van der Waals surface area contributed by atoms with Crippen LogP contribution in [-0.2, 0) is 13.0 Å². The largest absolute Gasteiger partial charge is 0.409 e. The van der Waals surface area contributed by atoms with Crippen molar-refractivity contribution in [3.8, 4) is 0 Å². The molecule has 0 radical (unpaired) electrons. The maximum atomic E-state index is 12.7. The molecule has 0 fully saturated rings. The molecule has 7 heteroatoms. The molecule has 3 N–H and O–H groups in total. The zero-order chi connectivity index (χ0) is 16.0. The molecule has 0 saturated heterocycles. The van der Waals surface area contributed by atoms with Gasteiger partial charge in [-0.3, -0.25) is 9.48 Å². The second kappa shape index (κ2) is 7.66. The monoisotopic (exact) mass is 295 g/mol. The average Bonchev–Trinajstić information content (AvgIpc) is 2.89. The standard InChI is InChI=1S/C14H25N5O2/c1-5-11-9-12(19(6-2)16-11)14(20)18(10(3)4)8-7-13(15)17-21/h9-10,21H,5-8H2,1-4H3,(H2,15,17). The molecule has 1 aromatic rings. The summed E-state index contributed by atoms with van der Waals surface area (Å²) in [6, 6.07) is 1.86. The van der Waals surface area contributed by atoms with Crippen LogP contribution in [0, 0.1) is 0 Å². The first-order valence-corrected chi connectivity index (χ1v) is 7.28. The molecule has 0 aliphatic rings. The summed E-state index contributed by atoms with van der Waals surface area (Å²) in [6.45, 7) is 8.90. The number of nitrogens with zero attached hydrogens (tertiary/aromatic N) is 4. The number of aromatic nitrogens is 2. The highest BCUT2D eigenvalue weighted by molar-refractivity contribution is 5.93. The molecule has 0 unspecified atom stereocenters. The molecule has 0 bridgehead atoms. The molecule has 1 aromatic heterocycles. The van der Waals surface area contributed by atoms with Crippen LogP contribution in [-0.4, -0.2) is 44.2 Å². The topological polar surface area (TPSA) is 96.7 Å². The van der Waals surface area contributed by atoms with E-state index in [-0.39, 0.29) is 17.8 Å². The molecule has 21 heavy (non-hydrogen) atoms. The van der Waals surface area contributed by atoms with Gasteiger partial charge in [-0.25, -0.2) is 0 Å². The second-order valence-corrected chi connectivity index (χ2v) is 5.12. The van der Waals surface area contributed by atoms with Crippen molar-refractivity contribution in [2.45, 2.75) is 53.1 Å². The summed E-state index contributed by atoms with van der Waals surface area (Å²) < 4.78 is 1.72. The number of hydrogen-bond donors (Lipinski definition) is 2. The van der Waals surface area contributed by atoms with Crippen molar-refractivity contribution >= 4 is 11.7 Å². The summed E-state index contributed by atoms with van der Waals surface area (Å²) in [7, 11) is 0. The minimum absolute atomic E-state index is 0.0225. The summed E-state index contributed by atoms with van der Waals surface area (Å²) in [6.07, 6.45) is 1.13. The third kappa shape index (κ3) is 4.21. The highest BCUT2D eigenvalue weighted by Crippen LogP contribution is 2.12. The molecular weight excluding hydrogens is 270 g/mol. The van der Waals surface area contributed by atoms with Gasteiger partial charge in [-0.2, -0.15) is 5.10 Å². The van der Waals surface area contributed by atoms with Crippen LogP contribution in [0.15, 0.2) is 11.2 Å². The summed E-state index contributed by atoms with van der Waals surface area (Å²) in [4.78, 5) is 14.4. The van der Waals surface area contributed by atoms with Crippen molar-refractivity contribution in [1.82, 2.24) is 14.7 Å². The molecule has 7 nitrogen and oxygen atoms in total. The van der Waals surface area contributed by atoms with Crippen LogP contribution in [0.3, 0.4) is 0 Å². The molecule has 0 atom stereocenters. The number of nitrogens with two attached hydrogens (primary N) is 1. The SMILES string of the molecule is CCc1cc(C(=O)N(CCC(N)=NO)C(C)C)n(CC)n1. The minimum atomic E-state index is -0.0789. The molecule has 1 rings (SSSR count). The van der Waals surface area contributed by atoms with E-state index in [4.69, 9.17) is 10.9 Å². The summed E-state index contributed by atoms with van der Waals surface area (Å²) in [5, 5.41) is 15.9. The third-order valence-corrected chi connectivity index (χ3v) is 3.33. The first-order chi connectivity index (χ1) is 9.94. The molecule has 0 aliphatic carbocycles. The van der Waals surface area contributed by atoms with Gasteiger partial charge in [0, 0.05) is 25.6 Å². The Hall–Kier alpha value is -2.05. The second-order valence-electron chi connectivity index (χ2n) is 5.12. The molecule has 118 valence electrons. The van der Waals surface area contributed by atoms with Crippen molar-refractivity contribution in [3.05, 3.63) is 17.5 Å². The lowest BCUT2D eigenvalue weighted by atomic mass is 10.2. The Morgan fingerprint density at radius 2 is 2.19 bits per heavy atom. The third-order valence-electron chi connectivity index (χ3n) is 3.33. The highest BCUT2D eigenvalue weighted by atomic mass is 16.4. The van der Waals surface area contributed by atoms with Gasteiger partial charge in [0.15, 0.2) is 0 Å². The predicted molar refractivity (Wildman–Crippen MR) is 81.5 cm³/mol. The average molecular weight is 295 g/mol. The van der Waals surface area contributed by atoms with Crippen molar-refractivity contribution < 1.29 is 10.0 Å². The van der Waals surface area contributed by atoms with Gasteiger partial charge in [-0.15, -0.1) is 0 Å². The van der Waals surface area contributed by atoms with Crippen LogP contribution in [0.4, 0.5) is 0 Å². The smallest absolute Gasteiger partial charge is 0.272 e. The molecular formula is C14H25N5O2. The Kier molecular flexibility index (Phi) is 6.20. The maximum Gasteiger partial charge on any atom is 0.272 e.